The van der Waals surface area contributed by atoms with Gasteiger partial charge in [0.1, 0.15) is 23.6 Å². The fraction of sp³-hybridized carbons (Fsp3) is 0.333. The Morgan fingerprint density at radius 2 is 2.06 bits per heavy atom. The number of nitrogens with two attached hydrogens (primary N) is 1. The molecule has 180 valence electrons. The van der Waals surface area contributed by atoms with E-state index in [9.17, 15) is 9.36 Å². The first kappa shape index (κ1) is 24.2. The van der Waals surface area contributed by atoms with E-state index in [0.29, 0.717) is 28.4 Å². The van der Waals surface area contributed by atoms with Crippen molar-refractivity contribution in [3.8, 4) is 5.75 Å². The van der Waals surface area contributed by atoms with Crippen molar-refractivity contribution in [1.82, 2.24) is 24.6 Å². The fourth-order valence-electron chi connectivity index (χ4n) is 3.58. The summed E-state index contributed by atoms with van der Waals surface area (Å²) in [5.74, 6) is -0.0763. The molecule has 34 heavy (non-hydrogen) atoms. The number of nitrogen functional groups attached to an aromatic ring is 1. The van der Waals surface area contributed by atoms with E-state index in [4.69, 9.17) is 31.1 Å². The molecule has 3 N–H and O–H groups in total. The first-order valence-corrected chi connectivity index (χ1v) is 12.4. The molecule has 0 amide bonds. The van der Waals surface area contributed by atoms with Gasteiger partial charge in [0.15, 0.2) is 11.5 Å². The van der Waals surface area contributed by atoms with E-state index >= 15 is 0 Å². The van der Waals surface area contributed by atoms with Crippen LogP contribution in [0.4, 0.5) is 5.82 Å². The summed E-state index contributed by atoms with van der Waals surface area (Å²) >= 11 is 5.91. The summed E-state index contributed by atoms with van der Waals surface area (Å²) in [6.45, 7) is 1.60. The van der Waals surface area contributed by atoms with Gasteiger partial charge in [0, 0.05) is 10.9 Å². The number of halogens is 1. The first-order valence-electron chi connectivity index (χ1n) is 10.4. The second kappa shape index (κ2) is 10.1. The van der Waals surface area contributed by atoms with Crippen LogP contribution in [0.2, 0.25) is 5.02 Å². The summed E-state index contributed by atoms with van der Waals surface area (Å²) < 4.78 is 31.5. The summed E-state index contributed by atoms with van der Waals surface area (Å²) in [5, 5.41) is 3.13. The highest BCUT2D eigenvalue weighted by atomic mass is 35.5. The third-order valence-corrected chi connectivity index (χ3v) is 7.19. The maximum Gasteiger partial charge on any atom is 0.459 e. The monoisotopic (exact) mass is 506 g/mol. The lowest BCUT2D eigenvalue weighted by atomic mass is 10.1. The molecule has 0 bridgehead atoms. The number of ether oxygens (including phenoxy) is 1. The van der Waals surface area contributed by atoms with Crippen molar-refractivity contribution in [3.63, 3.8) is 0 Å². The number of esters is 1. The third-order valence-electron chi connectivity index (χ3n) is 5.30. The average Bonchev–Trinajstić information content (AvgIpc) is 3.46. The number of anilines is 1. The van der Waals surface area contributed by atoms with Gasteiger partial charge in [0.2, 0.25) is 0 Å². The second-order valence-electron chi connectivity index (χ2n) is 7.74. The molecule has 13 heteroatoms. The number of imidazole rings is 1. The van der Waals surface area contributed by atoms with E-state index in [1.54, 1.807) is 30.6 Å². The SMILES string of the molecule is COC(=O)[C@H](C)NP(=O)(OC[C@H]1C=C[C@@H](n2cnc3c(N)ncnc32)C1)Oc1ccc(Cl)cc1. The Morgan fingerprint density at radius 1 is 1.29 bits per heavy atom. The minimum Gasteiger partial charge on any atom is -0.468 e. The molecule has 2 aromatic heterocycles. The minimum absolute atomic E-state index is 0.0357. The van der Waals surface area contributed by atoms with Gasteiger partial charge in [0.05, 0.1) is 26.1 Å². The number of fused-ring (bicyclic) bond motifs is 1. The smallest absolute Gasteiger partial charge is 0.459 e. The Hall–Kier alpha value is -2.98. The zero-order valence-electron chi connectivity index (χ0n) is 18.5. The normalized spacial score (nSPS) is 20.2. The Kier molecular flexibility index (Phi) is 7.18. The molecular formula is C21H24ClN6O5P. The Labute approximate surface area is 200 Å². The van der Waals surface area contributed by atoms with Crippen LogP contribution >= 0.6 is 19.3 Å². The second-order valence-corrected chi connectivity index (χ2v) is 9.87. The number of rotatable bonds is 9. The van der Waals surface area contributed by atoms with Gasteiger partial charge < -0.3 is 19.6 Å². The van der Waals surface area contributed by atoms with Crippen LogP contribution in [0, 0.1) is 5.92 Å². The van der Waals surface area contributed by atoms with Gasteiger partial charge in [-0.25, -0.2) is 19.5 Å². The molecule has 0 spiro atoms. The molecule has 2 heterocycles. The van der Waals surface area contributed by atoms with Crippen LogP contribution in [0.1, 0.15) is 19.4 Å². The van der Waals surface area contributed by atoms with E-state index in [-0.39, 0.29) is 24.3 Å². The number of nitrogens with one attached hydrogen (secondary N) is 1. The number of hydrogen-bond acceptors (Lipinski definition) is 9. The molecule has 0 radical (unpaired) electrons. The molecule has 11 nitrogen and oxygen atoms in total. The zero-order chi connectivity index (χ0) is 24.3. The Bertz CT molecular complexity index is 1250. The number of nitrogens with zero attached hydrogens (tertiary/aromatic N) is 4. The molecule has 3 aromatic rings. The quantitative estimate of drug-likeness (QED) is 0.251. The molecular weight excluding hydrogens is 483 g/mol. The molecule has 0 saturated heterocycles. The lowest BCUT2D eigenvalue weighted by Gasteiger charge is -2.24. The number of carbonyl (C=O) groups is 1. The summed E-state index contributed by atoms with van der Waals surface area (Å²) in [7, 11) is -2.70. The Balaban J connectivity index is 1.45. The van der Waals surface area contributed by atoms with Crippen molar-refractivity contribution in [1.29, 1.82) is 0 Å². The van der Waals surface area contributed by atoms with E-state index in [1.807, 2.05) is 16.7 Å². The number of carbonyl (C=O) groups excluding carboxylic acids is 1. The number of allylic oxidation sites excluding steroid dienone is 1. The van der Waals surface area contributed by atoms with Crippen LogP contribution < -0.4 is 15.3 Å². The highest BCUT2D eigenvalue weighted by Crippen LogP contribution is 2.46. The Morgan fingerprint density at radius 3 is 2.79 bits per heavy atom. The topological polar surface area (TPSA) is 143 Å². The van der Waals surface area contributed by atoms with Gasteiger partial charge in [-0.05, 0) is 37.6 Å². The average molecular weight is 507 g/mol. The van der Waals surface area contributed by atoms with Crippen LogP contribution in [0.3, 0.4) is 0 Å². The molecule has 4 rings (SSSR count). The number of benzene rings is 1. The molecule has 0 aliphatic heterocycles. The number of aromatic nitrogens is 4. The van der Waals surface area contributed by atoms with Gasteiger partial charge >= 0.3 is 13.7 Å². The van der Waals surface area contributed by atoms with Crippen LogP contribution in [-0.2, 0) is 18.6 Å². The molecule has 0 fully saturated rings. The van der Waals surface area contributed by atoms with E-state index in [2.05, 4.69) is 20.0 Å². The van der Waals surface area contributed by atoms with Crippen molar-refractivity contribution in [2.45, 2.75) is 25.4 Å². The van der Waals surface area contributed by atoms with Crippen LogP contribution in [0.5, 0.6) is 5.75 Å². The maximum atomic E-state index is 13.5. The van der Waals surface area contributed by atoms with Crippen molar-refractivity contribution in [3.05, 3.63) is 54.1 Å². The molecule has 4 atom stereocenters. The highest BCUT2D eigenvalue weighted by molar-refractivity contribution is 7.52. The minimum atomic E-state index is -3.94. The van der Waals surface area contributed by atoms with Crippen LogP contribution in [0.15, 0.2) is 49.1 Å². The summed E-state index contributed by atoms with van der Waals surface area (Å²) in [6, 6.07) is 5.36. The first-order chi connectivity index (χ1) is 16.3. The molecule has 0 saturated carbocycles. The molecule has 1 aliphatic rings. The van der Waals surface area contributed by atoms with Gasteiger partial charge in [-0.15, -0.1) is 0 Å². The van der Waals surface area contributed by atoms with Gasteiger partial charge in [-0.3, -0.25) is 9.32 Å². The lowest BCUT2D eigenvalue weighted by molar-refractivity contribution is -0.142. The summed E-state index contributed by atoms with van der Waals surface area (Å²) in [5.41, 5.74) is 7.05. The van der Waals surface area contributed by atoms with Crippen LogP contribution in [0.25, 0.3) is 11.2 Å². The van der Waals surface area contributed by atoms with Gasteiger partial charge in [-0.1, -0.05) is 23.8 Å². The van der Waals surface area contributed by atoms with E-state index in [1.165, 1.54) is 20.4 Å². The summed E-state index contributed by atoms with van der Waals surface area (Å²) in [4.78, 5) is 24.4. The molecule has 1 unspecified atom stereocenters. The lowest BCUT2D eigenvalue weighted by Crippen LogP contribution is -2.34. The number of hydrogen-bond donors (Lipinski definition) is 2. The summed E-state index contributed by atoms with van der Waals surface area (Å²) in [6.07, 6.45) is 7.69. The van der Waals surface area contributed by atoms with E-state index < -0.39 is 19.8 Å². The van der Waals surface area contributed by atoms with E-state index in [0.717, 1.165) is 0 Å². The van der Waals surface area contributed by atoms with Crippen molar-refractivity contribution in [2.75, 3.05) is 19.5 Å². The standard InChI is InChI=1S/C21H24ClN6O5P/c1-13(21(29)31-2)27-34(30,33-17-7-4-15(22)5-8-17)32-10-14-3-6-16(9-14)28-12-26-18-19(23)24-11-25-20(18)28/h3-8,11-14,16H,9-10H2,1-2H3,(H,27,30)(H2,23,24,25)/t13-,14-,16+,34?/m0/s1. The van der Waals surface area contributed by atoms with Gasteiger partial charge in [0.25, 0.3) is 0 Å². The predicted octanol–water partition coefficient (Wildman–Crippen LogP) is 3.53. The fourth-order valence-corrected chi connectivity index (χ4v) is 5.25. The molecule has 1 aromatic carbocycles. The molecule has 1 aliphatic carbocycles. The predicted molar refractivity (Wildman–Crippen MR) is 126 cm³/mol. The maximum absolute atomic E-state index is 13.5. The van der Waals surface area contributed by atoms with Crippen molar-refractivity contribution < 1.29 is 23.1 Å². The number of methoxy groups -OCH3 is 1. The van der Waals surface area contributed by atoms with Gasteiger partial charge in [-0.2, -0.15) is 5.09 Å². The largest absolute Gasteiger partial charge is 0.468 e. The zero-order valence-corrected chi connectivity index (χ0v) is 20.1. The van der Waals surface area contributed by atoms with Crippen molar-refractivity contribution >= 4 is 42.3 Å². The highest BCUT2D eigenvalue weighted by Gasteiger charge is 2.34. The van der Waals surface area contributed by atoms with Crippen molar-refractivity contribution in [2.24, 2.45) is 5.92 Å². The third kappa shape index (κ3) is 5.39. The van der Waals surface area contributed by atoms with Crippen LogP contribution in [-0.4, -0.2) is 45.2 Å².